The van der Waals surface area contributed by atoms with Gasteiger partial charge in [-0.2, -0.15) is 5.10 Å². The average Bonchev–Trinajstić information content (AvgIpc) is 2.78. The molecule has 0 aliphatic carbocycles. The molecule has 1 fully saturated rings. The molecule has 16 heavy (non-hydrogen) atoms. The standard InChI is InChI=1S/C11H18N4O/c1-8(2)6-15-10(13-7-14-15)5-9-3-4-12-11(9)16/h7-9H,3-6H2,1-2H3,(H,12,16). The summed E-state index contributed by atoms with van der Waals surface area (Å²) in [5.41, 5.74) is 0. The molecular weight excluding hydrogens is 204 g/mol. The summed E-state index contributed by atoms with van der Waals surface area (Å²) in [4.78, 5) is 15.7. The maximum atomic E-state index is 11.5. The second-order valence-corrected chi connectivity index (χ2v) is 4.73. The molecule has 88 valence electrons. The molecule has 0 radical (unpaired) electrons. The van der Waals surface area contributed by atoms with Crippen molar-refractivity contribution in [1.82, 2.24) is 20.1 Å². The molecule has 5 nitrogen and oxygen atoms in total. The third kappa shape index (κ3) is 2.40. The Bertz CT molecular complexity index is 372. The summed E-state index contributed by atoms with van der Waals surface area (Å²) in [6.45, 7) is 5.95. The van der Waals surface area contributed by atoms with E-state index in [0.29, 0.717) is 12.3 Å². The molecular formula is C11H18N4O. The zero-order valence-electron chi connectivity index (χ0n) is 9.81. The van der Waals surface area contributed by atoms with Crippen molar-refractivity contribution >= 4 is 5.91 Å². The van der Waals surface area contributed by atoms with E-state index in [1.54, 1.807) is 6.33 Å². The molecule has 1 aliphatic rings. The summed E-state index contributed by atoms with van der Waals surface area (Å²) < 4.78 is 1.91. The zero-order chi connectivity index (χ0) is 11.5. The second-order valence-electron chi connectivity index (χ2n) is 4.73. The highest BCUT2D eigenvalue weighted by atomic mass is 16.2. The first kappa shape index (κ1) is 11.1. The molecule has 1 amide bonds. The van der Waals surface area contributed by atoms with Gasteiger partial charge >= 0.3 is 0 Å². The van der Waals surface area contributed by atoms with E-state index >= 15 is 0 Å². The highest BCUT2D eigenvalue weighted by molar-refractivity contribution is 5.80. The fourth-order valence-corrected chi connectivity index (χ4v) is 2.00. The Morgan fingerprint density at radius 1 is 1.62 bits per heavy atom. The van der Waals surface area contributed by atoms with Crippen molar-refractivity contribution in [2.75, 3.05) is 6.54 Å². The van der Waals surface area contributed by atoms with Crippen LogP contribution in [0, 0.1) is 11.8 Å². The minimum atomic E-state index is 0.0788. The summed E-state index contributed by atoms with van der Waals surface area (Å²) >= 11 is 0. The number of carbonyl (C=O) groups excluding carboxylic acids is 1. The van der Waals surface area contributed by atoms with E-state index in [0.717, 1.165) is 25.3 Å². The van der Waals surface area contributed by atoms with Crippen LogP contribution < -0.4 is 5.32 Å². The summed E-state index contributed by atoms with van der Waals surface area (Å²) in [7, 11) is 0. The number of hydrogen-bond acceptors (Lipinski definition) is 3. The average molecular weight is 222 g/mol. The number of hydrogen-bond donors (Lipinski definition) is 1. The third-order valence-electron chi connectivity index (χ3n) is 2.83. The minimum absolute atomic E-state index is 0.0788. The largest absolute Gasteiger partial charge is 0.356 e. The van der Waals surface area contributed by atoms with Crippen molar-refractivity contribution in [2.24, 2.45) is 11.8 Å². The summed E-state index contributed by atoms with van der Waals surface area (Å²) in [6.07, 6.45) is 3.19. The van der Waals surface area contributed by atoms with Gasteiger partial charge in [0.25, 0.3) is 0 Å². The van der Waals surface area contributed by atoms with Crippen LogP contribution in [-0.4, -0.2) is 27.2 Å². The third-order valence-corrected chi connectivity index (χ3v) is 2.83. The molecule has 1 saturated heterocycles. The Labute approximate surface area is 95.2 Å². The first-order chi connectivity index (χ1) is 7.66. The molecule has 1 atom stereocenters. The summed E-state index contributed by atoms with van der Waals surface area (Å²) in [6, 6.07) is 0. The second kappa shape index (κ2) is 4.63. The first-order valence-electron chi connectivity index (χ1n) is 5.81. The lowest BCUT2D eigenvalue weighted by Crippen LogP contribution is -2.22. The van der Waals surface area contributed by atoms with E-state index in [1.807, 2.05) is 4.68 Å². The fraction of sp³-hybridized carbons (Fsp3) is 0.727. The number of aromatic nitrogens is 3. The molecule has 1 aromatic heterocycles. The van der Waals surface area contributed by atoms with Crippen LogP contribution in [0.5, 0.6) is 0 Å². The van der Waals surface area contributed by atoms with Gasteiger partial charge in [-0.1, -0.05) is 13.8 Å². The van der Waals surface area contributed by atoms with Crippen molar-refractivity contribution in [3.8, 4) is 0 Å². The molecule has 2 rings (SSSR count). The maximum absolute atomic E-state index is 11.5. The van der Waals surface area contributed by atoms with Gasteiger partial charge in [0.15, 0.2) is 0 Å². The number of nitrogens with zero attached hydrogens (tertiary/aromatic N) is 3. The molecule has 5 heteroatoms. The topological polar surface area (TPSA) is 59.8 Å². The van der Waals surface area contributed by atoms with Crippen LogP contribution in [0.15, 0.2) is 6.33 Å². The maximum Gasteiger partial charge on any atom is 0.223 e. The Balaban J connectivity index is 2.03. The van der Waals surface area contributed by atoms with Gasteiger partial charge < -0.3 is 5.32 Å². The van der Waals surface area contributed by atoms with Gasteiger partial charge in [0.2, 0.25) is 5.91 Å². The van der Waals surface area contributed by atoms with Gasteiger partial charge in [0.1, 0.15) is 12.2 Å². The summed E-state index contributed by atoms with van der Waals surface area (Å²) in [5.74, 6) is 1.70. The molecule has 1 N–H and O–H groups in total. The Morgan fingerprint density at radius 2 is 2.44 bits per heavy atom. The van der Waals surface area contributed by atoms with Crippen LogP contribution in [0.25, 0.3) is 0 Å². The van der Waals surface area contributed by atoms with Crippen molar-refractivity contribution in [1.29, 1.82) is 0 Å². The Morgan fingerprint density at radius 3 is 3.06 bits per heavy atom. The smallest absolute Gasteiger partial charge is 0.223 e. The lowest BCUT2D eigenvalue weighted by atomic mass is 10.0. The van der Waals surface area contributed by atoms with Gasteiger partial charge in [-0.15, -0.1) is 0 Å². The molecule has 0 saturated carbocycles. The van der Waals surface area contributed by atoms with Crippen molar-refractivity contribution in [3.05, 3.63) is 12.2 Å². The van der Waals surface area contributed by atoms with Gasteiger partial charge in [-0.3, -0.25) is 4.79 Å². The lowest BCUT2D eigenvalue weighted by Gasteiger charge is -2.10. The SMILES string of the molecule is CC(C)Cn1ncnc1CC1CCNC1=O. The van der Waals surface area contributed by atoms with E-state index in [1.165, 1.54) is 0 Å². The van der Waals surface area contributed by atoms with E-state index in [2.05, 4.69) is 29.2 Å². The van der Waals surface area contributed by atoms with Crippen molar-refractivity contribution in [2.45, 2.75) is 33.2 Å². The predicted octanol–water partition coefficient (Wildman–Crippen LogP) is 0.613. The minimum Gasteiger partial charge on any atom is -0.356 e. The monoisotopic (exact) mass is 222 g/mol. The van der Waals surface area contributed by atoms with Crippen LogP contribution in [-0.2, 0) is 17.8 Å². The van der Waals surface area contributed by atoms with Crippen LogP contribution in [0.2, 0.25) is 0 Å². The fourth-order valence-electron chi connectivity index (χ4n) is 2.00. The molecule has 1 aromatic rings. The number of amides is 1. The summed E-state index contributed by atoms with van der Waals surface area (Å²) in [5, 5.41) is 7.04. The quantitative estimate of drug-likeness (QED) is 0.812. The highest BCUT2D eigenvalue weighted by Gasteiger charge is 2.25. The van der Waals surface area contributed by atoms with E-state index in [4.69, 9.17) is 0 Å². The first-order valence-corrected chi connectivity index (χ1v) is 5.81. The Kier molecular flexibility index (Phi) is 3.22. The molecule has 0 bridgehead atoms. The van der Waals surface area contributed by atoms with Crippen LogP contribution in [0.1, 0.15) is 26.1 Å². The number of nitrogens with one attached hydrogen (secondary N) is 1. The number of rotatable bonds is 4. The van der Waals surface area contributed by atoms with Gasteiger partial charge in [0.05, 0.1) is 0 Å². The van der Waals surface area contributed by atoms with Gasteiger partial charge in [0, 0.05) is 25.4 Å². The van der Waals surface area contributed by atoms with E-state index in [-0.39, 0.29) is 11.8 Å². The van der Waals surface area contributed by atoms with Crippen LogP contribution >= 0.6 is 0 Å². The normalized spacial score (nSPS) is 20.4. The van der Waals surface area contributed by atoms with Crippen LogP contribution in [0.3, 0.4) is 0 Å². The zero-order valence-corrected chi connectivity index (χ0v) is 9.81. The van der Waals surface area contributed by atoms with Gasteiger partial charge in [-0.25, -0.2) is 9.67 Å². The molecule has 0 aromatic carbocycles. The predicted molar refractivity (Wildman–Crippen MR) is 59.7 cm³/mol. The molecule has 2 heterocycles. The van der Waals surface area contributed by atoms with Crippen LogP contribution in [0.4, 0.5) is 0 Å². The van der Waals surface area contributed by atoms with E-state index < -0.39 is 0 Å². The highest BCUT2D eigenvalue weighted by Crippen LogP contribution is 2.15. The van der Waals surface area contributed by atoms with Crippen molar-refractivity contribution in [3.63, 3.8) is 0 Å². The van der Waals surface area contributed by atoms with Crippen molar-refractivity contribution < 1.29 is 4.79 Å². The molecule has 1 aliphatic heterocycles. The lowest BCUT2D eigenvalue weighted by molar-refractivity contribution is -0.122. The van der Waals surface area contributed by atoms with Gasteiger partial charge in [-0.05, 0) is 12.3 Å². The number of carbonyl (C=O) groups is 1. The molecule has 1 unspecified atom stereocenters. The van der Waals surface area contributed by atoms with E-state index in [9.17, 15) is 4.79 Å². The molecule has 0 spiro atoms. The Hall–Kier alpha value is -1.39.